The Hall–Kier alpha value is -2.79. The van der Waals surface area contributed by atoms with E-state index in [4.69, 9.17) is 10.00 Å². The number of hydrogen-bond donors (Lipinski definition) is 0. The molecule has 112 valence electrons. The Labute approximate surface area is 130 Å². The van der Waals surface area contributed by atoms with Crippen molar-refractivity contribution in [3.05, 3.63) is 51.4 Å². The van der Waals surface area contributed by atoms with Gasteiger partial charge in [-0.25, -0.2) is 9.78 Å². The molecular formula is C14H11N3O4S. The number of Topliss-reactive ketones (excluding diaryl/α,β-unsaturated/α-hetero) is 1. The Morgan fingerprint density at radius 1 is 1.55 bits per heavy atom. The predicted octanol–water partition coefficient (Wildman–Crippen LogP) is 1.12. The van der Waals surface area contributed by atoms with E-state index >= 15 is 0 Å². The zero-order chi connectivity index (χ0) is 16.1. The second-order valence-corrected chi connectivity index (χ2v) is 5.23. The highest BCUT2D eigenvalue weighted by molar-refractivity contribution is 7.09. The Bertz CT molecular complexity index is 751. The molecule has 0 aliphatic rings. The predicted molar refractivity (Wildman–Crippen MR) is 75.9 cm³/mol. The molecule has 0 fully saturated rings. The van der Waals surface area contributed by atoms with Crippen LogP contribution < -0.4 is 4.73 Å². The lowest BCUT2D eigenvalue weighted by atomic mass is 10.1. The average Bonchev–Trinajstić information content (AvgIpc) is 2.92. The molecule has 2 rings (SSSR count). The van der Waals surface area contributed by atoms with Crippen LogP contribution in [0.15, 0.2) is 29.8 Å². The molecule has 0 radical (unpaired) electrons. The second kappa shape index (κ2) is 6.78. The van der Waals surface area contributed by atoms with Crippen molar-refractivity contribution in [1.82, 2.24) is 4.98 Å². The minimum absolute atomic E-state index is 0.228. The molecule has 0 bridgehead atoms. The zero-order valence-electron chi connectivity index (χ0n) is 11.6. The molecule has 1 atom stereocenters. The molecule has 0 saturated heterocycles. The third kappa shape index (κ3) is 3.45. The van der Waals surface area contributed by atoms with Crippen LogP contribution in [0, 0.1) is 23.5 Å². The molecule has 0 aromatic carbocycles. The molecule has 2 heterocycles. The van der Waals surface area contributed by atoms with Gasteiger partial charge in [0.2, 0.25) is 0 Å². The van der Waals surface area contributed by atoms with Crippen molar-refractivity contribution in [1.29, 1.82) is 5.26 Å². The summed E-state index contributed by atoms with van der Waals surface area (Å²) >= 11 is 1.19. The highest BCUT2D eigenvalue weighted by atomic mass is 32.1. The van der Waals surface area contributed by atoms with Crippen LogP contribution in [0.4, 0.5) is 0 Å². The number of ether oxygens (including phenoxy) is 1. The maximum atomic E-state index is 12.0. The third-order valence-electron chi connectivity index (χ3n) is 2.71. The Kier molecular flexibility index (Phi) is 4.80. The number of aryl methyl sites for hydroxylation is 1. The van der Waals surface area contributed by atoms with Crippen molar-refractivity contribution in [2.75, 3.05) is 6.61 Å². The van der Waals surface area contributed by atoms with Gasteiger partial charge in [-0.05, 0) is 13.0 Å². The van der Waals surface area contributed by atoms with Gasteiger partial charge < -0.3 is 9.94 Å². The SMILES string of the molecule is Cc1csc([C@H](C#N)C(=O)COC(=O)c2cccc[n+]2[O-])n1. The summed E-state index contributed by atoms with van der Waals surface area (Å²) in [6, 6.07) is 6.10. The number of nitrogens with zero attached hydrogens (tertiary/aromatic N) is 3. The fourth-order valence-electron chi connectivity index (χ4n) is 1.65. The van der Waals surface area contributed by atoms with Gasteiger partial charge in [0, 0.05) is 23.2 Å². The summed E-state index contributed by atoms with van der Waals surface area (Å²) < 4.78 is 5.14. The lowest BCUT2D eigenvalue weighted by Gasteiger charge is -2.06. The van der Waals surface area contributed by atoms with Crippen LogP contribution in [0.1, 0.15) is 27.1 Å². The number of thiazole rings is 1. The van der Waals surface area contributed by atoms with Crippen molar-refractivity contribution in [3.8, 4) is 6.07 Å². The zero-order valence-corrected chi connectivity index (χ0v) is 12.4. The number of aromatic nitrogens is 2. The molecule has 0 aliphatic heterocycles. The van der Waals surface area contributed by atoms with E-state index in [9.17, 15) is 14.8 Å². The first-order valence-corrected chi connectivity index (χ1v) is 7.10. The summed E-state index contributed by atoms with van der Waals surface area (Å²) in [6.45, 7) is 1.16. The molecule has 0 unspecified atom stereocenters. The van der Waals surface area contributed by atoms with Crippen molar-refractivity contribution >= 4 is 23.1 Å². The van der Waals surface area contributed by atoms with Crippen molar-refractivity contribution in [2.45, 2.75) is 12.8 Å². The van der Waals surface area contributed by atoms with Crippen molar-refractivity contribution < 1.29 is 19.1 Å². The van der Waals surface area contributed by atoms with Crippen molar-refractivity contribution in [3.63, 3.8) is 0 Å². The molecule has 0 saturated carbocycles. The molecule has 22 heavy (non-hydrogen) atoms. The summed E-state index contributed by atoms with van der Waals surface area (Å²) in [4.78, 5) is 27.8. The summed E-state index contributed by atoms with van der Waals surface area (Å²) in [5.41, 5.74) is 0.482. The van der Waals surface area contributed by atoms with E-state index in [1.54, 1.807) is 12.3 Å². The van der Waals surface area contributed by atoms with Crippen molar-refractivity contribution in [2.24, 2.45) is 0 Å². The lowest BCUT2D eigenvalue weighted by Crippen LogP contribution is -2.35. The molecule has 0 aliphatic carbocycles. The molecule has 7 nitrogen and oxygen atoms in total. The molecule has 0 amide bonds. The van der Waals surface area contributed by atoms with Gasteiger partial charge >= 0.3 is 11.7 Å². The van der Waals surface area contributed by atoms with Gasteiger partial charge in [0.1, 0.15) is 5.01 Å². The smallest absolute Gasteiger partial charge is 0.405 e. The van der Waals surface area contributed by atoms with E-state index in [1.165, 1.54) is 29.5 Å². The highest BCUT2D eigenvalue weighted by Gasteiger charge is 2.26. The molecule has 2 aromatic rings. The van der Waals surface area contributed by atoms with Crippen LogP contribution in [-0.4, -0.2) is 23.3 Å². The maximum absolute atomic E-state index is 12.0. The van der Waals surface area contributed by atoms with Gasteiger partial charge in [-0.15, -0.1) is 11.3 Å². The summed E-state index contributed by atoms with van der Waals surface area (Å²) in [5.74, 6) is -2.59. The first kappa shape index (κ1) is 15.6. The normalized spacial score (nSPS) is 11.5. The number of nitriles is 1. The standard InChI is InChI=1S/C14H11N3O4S/c1-9-8-22-13(16-9)10(6-15)12(18)7-21-14(19)11-4-2-3-5-17(11)20/h2-5,8,10H,7H2,1H3/t10-/m1/s1. The lowest BCUT2D eigenvalue weighted by molar-refractivity contribution is -0.608. The van der Waals surface area contributed by atoms with Gasteiger partial charge in [0.25, 0.3) is 0 Å². The topological polar surface area (TPSA) is 107 Å². The summed E-state index contributed by atoms with van der Waals surface area (Å²) in [7, 11) is 0. The molecule has 0 spiro atoms. The number of rotatable bonds is 5. The van der Waals surface area contributed by atoms with E-state index in [-0.39, 0.29) is 5.69 Å². The Morgan fingerprint density at radius 2 is 2.32 bits per heavy atom. The van der Waals surface area contributed by atoms with E-state index < -0.39 is 24.3 Å². The van der Waals surface area contributed by atoms with Crippen LogP contribution >= 0.6 is 11.3 Å². The number of hydrogen-bond acceptors (Lipinski definition) is 7. The van der Waals surface area contributed by atoms with Crippen LogP contribution in [0.5, 0.6) is 0 Å². The molecular weight excluding hydrogens is 306 g/mol. The first-order valence-electron chi connectivity index (χ1n) is 6.22. The van der Waals surface area contributed by atoms with Crippen LogP contribution in [0.2, 0.25) is 0 Å². The quantitative estimate of drug-likeness (QED) is 0.464. The number of carbonyl (C=O) groups is 2. The van der Waals surface area contributed by atoms with Crippen LogP contribution in [0.3, 0.4) is 0 Å². The first-order chi connectivity index (χ1) is 10.5. The minimum atomic E-state index is -1.08. The largest absolute Gasteiger partial charge is 0.618 e. The molecule has 2 aromatic heterocycles. The van der Waals surface area contributed by atoms with Gasteiger partial charge in [-0.3, -0.25) is 4.79 Å². The average molecular weight is 317 g/mol. The van der Waals surface area contributed by atoms with E-state index in [1.807, 2.05) is 6.07 Å². The van der Waals surface area contributed by atoms with Gasteiger partial charge in [-0.2, -0.15) is 9.99 Å². The number of pyridine rings is 1. The van der Waals surface area contributed by atoms with Gasteiger partial charge in [0.15, 0.2) is 24.5 Å². The Morgan fingerprint density at radius 3 is 2.91 bits per heavy atom. The van der Waals surface area contributed by atoms with Crippen LogP contribution in [-0.2, 0) is 9.53 Å². The van der Waals surface area contributed by atoms with E-state index in [0.29, 0.717) is 15.4 Å². The summed E-state index contributed by atoms with van der Waals surface area (Å²) in [5, 5.41) is 22.6. The summed E-state index contributed by atoms with van der Waals surface area (Å²) in [6.07, 6.45) is 1.15. The number of carbonyl (C=O) groups excluding carboxylic acids is 2. The third-order valence-corrected chi connectivity index (χ3v) is 3.74. The fourth-order valence-corrected chi connectivity index (χ4v) is 2.51. The van der Waals surface area contributed by atoms with Crippen LogP contribution in [0.25, 0.3) is 0 Å². The minimum Gasteiger partial charge on any atom is -0.618 e. The van der Waals surface area contributed by atoms with Gasteiger partial charge in [0.05, 0.1) is 6.07 Å². The second-order valence-electron chi connectivity index (χ2n) is 4.34. The Balaban J connectivity index is 2.02. The molecule has 0 N–H and O–H groups in total. The fraction of sp³-hybridized carbons (Fsp3) is 0.214. The number of esters is 1. The highest BCUT2D eigenvalue weighted by Crippen LogP contribution is 2.20. The van der Waals surface area contributed by atoms with E-state index in [0.717, 1.165) is 6.20 Å². The van der Waals surface area contributed by atoms with E-state index in [2.05, 4.69) is 4.98 Å². The number of ketones is 1. The van der Waals surface area contributed by atoms with Gasteiger partial charge in [-0.1, -0.05) is 0 Å². The monoisotopic (exact) mass is 317 g/mol. The molecule has 8 heteroatoms. The maximum Gasteiger partial charge on any atom is 0.405 e.